The molecule has 1 saturated heterocycles. The van der Waals surface area contributed by atoms with Crippen molar-refractivity contribution in [2.45, 2.75) is 44.7 Å². The zero-order valence-corrected chi connectivity index (χ0v) is 12.1. The van der Waals surface area contributed by atoms with E-state index in [1.54, 1.807) is 4.90 Å². The van der Waals surface area contributed by atoms with Gasteiger partial charge in [-0.2, -0.15) is 0 Å². The monoisotopic (exact) mass is 283 g/mol. The first-order valence-corrected chi connectivity index (χ1v) is 7.55. The second-order valence-corrected chi connectivity index (χ2v) is 5.64. The highest BCUT2D eigenvalue weighted by molar-refractivity contribution is 5.88. The van der Waals surface area contributed by atoms with Gasteiger partial charge in [-0.05, 0) is 26.2 Å². The summed E-state index contributed by atoms with van der Waals surface area (Å²) in [7, 11) is 0. The molecule has 0 aromatic rings. The minimum Gasteiger partial charge on any atom is -0.377 e. The summed E-state index contributed by atoms with van der Waals surface area (Å²) in [5.74, 6) is -0.0888. The second kappa shape index (κ2) is 7.04. The van der Waals surface area contributed by atoms with E-state index in [2.05, 4.69) is 5.32 Å². The molecule has 3 unspecified atom stereocenters. The summed E-state index contributed by atoms with van der Waals surface area (Å²) in [5, 5.41) is 2.77. The van der Waals surface area contributed by atoms with Gasteiger partial charge in [-0.1, -0.05) is 6.42 Å². The summed E-state index contributed by atoms with van der Waals surface area (Å²) in [6, 6.07) is -0.379. The van der Waals surface area contributed by atoms with Gasteiger partial charge in [0, 0.05) is 25.0 Å². The molecule has 3 atom stereocenters. The molecule has 2 fully saturated rings. The van der Waals surface area contributed by atoms with Crippen LogP contribution in [0.15, 0.2) is 0 Å². The summed E-state index contributed by atoms with van der Waals surface area (Å²) < 4.78 is 5.36. The zero-order valence-electron chi connectivity index (χ0n) is 12.1. The fourth-order valence-electron chi connectivity index (χ4n) is 3.06. The topological polar surface area (TPSA) is 84.7 Å². The van der Waals surface area contributed by atoms with Gasteiger partial charge in [0.25, 0.3) is 0 Å². The molecule has 114 valence electrons. The summed E-state index contributed by atoms with van der Waals surface area (Å²) in [6.07, 6.45) is 3.60. The van der Waals surface area contributed by atoms with Crippen LogP contribution < -0.4 is 11.1 Å². The molecule has 0 aromatic heterocycles. The van der Waals surface area contributed by atoms with Crippen LogP contribution >= 0.6 is 0 Å². The number of hydrogen-bond donors (Lipinski definition) is 2. The van der Waals surface area contributed by atoms with E-state index >= 15 is 0 Å². The Kier molecular flexibility index (Phi) is 5.37. The minimum absolute atomic E-state index is 0.0335. The van der Waals surface area contributed by atoms with Gasteiger partial charge in [-0.15, -0.1) is 0 Å². The molecule has 6 nitrogen and oxygen atoms in total. The highest BCUT2D eigenvalue weighted by Gasteiger charge is 2.37. The Morgan fingerprint density at radius 2 is 2.20 bits per heavy atom. The number of nitrogens with one attached hydrogen (secondary N) is 1. The minimum atomic E-state index is -0.491. The van der Waals surface area contributed by atoms with E-state index in [0.717, 1.165) is 25.7 Å². The molecule has 0 bridgehead atoms. The zero-order chi connectivity index (χ0) is 14.5. The number of nitrogens with zero attached hydrogens (tertiary/aromatic N) is 1. The van der Waals surface area contributed by atoms with E-state index in [9.17, 15) is 9.59 Å². The van der Waals surface area contributed by atoms with Gasteiger partial charge in [0.05, 0.1) is 13.2 Å². The van der Waals surface area contributed by atoms with E-state index < -0.39 is 6.04 Å². The number of hydrogen-bond acceptors (Lipinski definition) is 4. The lowest BCUT2D eigenvalue weighted by atomic mass is 9.85. The van der Waals surface area contributed by atoms with E-state index in [0.29, 0.717) is 19.7 Å². The van der Waals surface area contributed by atoms with Crippen molar-refractivity contribution in [2.24, 2.45) is 11.7 Å². The molecule has 2 aliphatic rings. The fraction of sp³-hybridized carbons (Fsp3) is 0.857. The lowest BCUT2D eigenvalue weighted by molar-refractivity contribution is -0.152. The number of ether oxygens (including phenoxy) is 1. The highest BCUT2D eigenvalue weighted by atomic mass is 16.5. The van der Waals surface area contributed by atoms with Gasteiger partial charge in [0.1, 0.15) is 6.04 Å². The quantitative estimate of drug-likeness (QED) is 0.755. The summed E-state index contributed by atoms with van der Waals surface area (Å²) >= 11 is 0. The smallest absolute Gasteiger partial charge is 0.245 e. The summed E-state index contributed by atoms with van der Waals surface area (Å²) in [4.78, 5) is 26.4. The number of carbonyl (C=O) groups excluding carboxylic acids is 2. The van der Waals surface area contributed by atoms with Crippen molar-refractivity contribution < 1.29 is 14.3 Å². The molecule has 0 radical (unpaired) electrons. The maximum atomic E-state index is 12.7. The number of carbonyl (C=O) groups is 2. The average Bonchev–Trinajstić information content (AvgIpc) is 2.47. The molecule has 2 amide bonds. The van der Waals surface area contributed by atoms with Crippen LogP contribution in [0.4, 0.5) is 0 Å². The van der Waals surface area contributed by atoms with Crippen molar-refractivity contribution in [3.05, 3.63) is 0 Å². The second-order valence-electron chi connectivity index (χ2n) is 5.64. The van der Waals surface area contributed by atoms with Crippen molar-refractivity contribution in [3.8, 4) is 0 Å². The number of nitrogens with two attached hydrogens (primary N) is 1. The van der Waals surface area contributed by atoms with Gasteiger partial charge >= 0.3 is 0 Å². The van der Waals surface area contributed by atoms with E-state index in [1.807, 2.05) is 6.92 Å². The Morgan fingerprint density at radius 1 is 1.40 bits per heavy atom. The first kappa shape index (κ1) is 15.3. The van der Waals surface area contributed by atoms with Crippen molar-refractivity contribution in [1.29, 1.82) is 0 Å². The number of rotatable bonds is 3. The molecule has 1 aliphatic carbocycles. The van der Waals surface area contributed by atoms with Crippen LogP contribution in [0.3, 0.4) is 0 Å². The van der Waals surface area contributed by atoms with Crippen LogP contribution in [-0.4, -0.2) is 55.1 Å². The van der Waals surface area contributed by atoms with Crippen molar-refractivity contribution >= 4 is 11.8 Å². The summed E-state index contributed by atoms with van der Waals surface area (Å²) in [6.45, 7) is 3.71. The molecule has 2 rings (SSSR count). The molecule has 6 heteroatoms. The molecular formula is C14H25N3O3. The molecule has 0 spiro atoms. The van der Waals surface area contributed by atoms with Gasteiger partial charge in [-0.25, -0.2) is 0 Å². The Bertz CT molecular complexity index is 362. The Morgan fingerprint density at radius 3 is 2.90 bits per heavy atom. The standard InChI is InChI=1S/C14H25N3O3/c1-2-16-13(18)12-9-20-7-6-17(12)14(19)10-4-3-5-11(15)8-10/h10-12H,2-9,15H2,1H3,(H,16,18). The third-order valence-electron chi connectivity index (χ3n) is 4.13. The van der Waals surface area contributed by atoms with Crippen LogP contribution in [0.1, 0.15) is 32.6 Å². The SMILES string of the molecule is CCNC(=O)C1COCCN1C(=O)C1CCCC(N)C1. The normalized spacial score (nSPS) is 30.9. The van der Waals surface area contributed by atoms with E-state index in [-0.39, 0.29) is 30.4 Å². The third-order valence-corrected chi connectivity index (χ3v) is 4.13. The molecule has 3 N–H and O–H groups in total. The van der Waals surface area contributed by atoms with Gasteiger partial charge in [0.2, 0.25) is 11.8 Å². The Hall–Kier alpha value is -1.14. The number of amides is 2. The van der Waals surface area contributed by atoms with Crippen molar-refractivity contribution in [3.63, 3.8) is 0 Å². The molecule has 20 heavy (non-hydrogen) atoms. The molecular weight excluding hydrogens is 258 g/mol. The van der Waals surface area contributed by atoms with Crippen LogP contribution in [-0.2, 0) is 14.3 Å². The maximum Gasteiger partial charge on any atom is 0.245 e. The predicted octanol–water partition coefficient (Wildman–Crippen LogP) is -0.133. The largest absolute Gasteiger partial charge is 0.377 e. The Labute approximate surface area is 120 Å². The highest BCUT2D eigenvalue weighted by Crippen LogP contribution is 2.26. The first-order chi connectivity index (χ1) is 9.63. The lowest BCUT2D eigenvalue weighted by Gasteiger charge is -2.38. The van der Waals surface area contributed by atoms with Gasteiger partial charge in [0.15, 0.2) is 0 Å². The Balaban J connectivity index is 2.03. The molecule has 0 aromatic carbocycles. The first-order valence-electron chi connectivity index (χ1n) is 7.55. The van der Waals surface area contributed by atoms with Gasteiger partial charge in [-0.3, -0.25) is 9.59 Å². The van der Waals surface area contributed by atoms with Crippen LogP contribution in [0.2, 0.25) is 0 Å². The maximum absolute atomic E-state index is 12.7. The van der Waals surface area contributed by atoms with Crippen molar-refractivity contribution in [2.75, 3.05) is 26.3 Å². The lowest BCUT2D eigenvalue weighted by Crippen LogP contribution is -2.57. The third kappa shape index (κ3) is 3.49. The van der Waals surface area contributed by atoms with Crippen LogP contribution in [0.5, 0.6) is 0 Å². The van der Waals surface area contributed by atoms with E-state index in [1.165, 1.54) is 0 Å². The summed E-state index contributed by atoms with van der Waals surface area (Å²) in [5.41, 5.74) is 5.96. The predicted molar refractivity (Wildman–Crippen MR) is 74.9 cm³/mol. The van der Waals surface area contributed by atoms with E-state index in [4.69, 9.17) is 10.5 Å². The number of likely N-dealkylation sites (N-methyl/N-ethyl adjacent to an activating group) is 1. The van der Waals surface area contributed by atoms with Crippen LogP contribution in [0, 0.1) is 5.92 Å². The van der Waals surface area contributed by atoms with Gasteiger partial charge < -0.3 is 20.7 Å². The molecule has 1 heterocycles. The average molecular weight is 283 g/mol. The molecule has 1 saturated carbocycles. The fourth-order valence-corrected chi connectivity index (χ4v) is 3.06. The molecule has 1 aliphatic heterocycles. The van der Waals surface area contributed by atoms with Crippen molar-refractivity contribution in [1.82, 2.24) is 10.2 Å². The van der Waals surface area contributed by atoms with Crippen LogP contribution in [0.25, 0.3) is 0 Å². The number of morpholine rings is 1.